The van der Waals surface area contributed by atoms with E-state index in [1.807, 2.05) is 0 Å². The summed E-state index contributed by atoms with van der Waals surface area (Å²) in [5.41, 5.74) is -0.163. The van der Waals surface area contributed by atoms with E-state index in [0.29, 0.717) is 5.92 Å². The molecule has 0 saturated heterocycles. The van der Waals surface area contributed by atoms with Gasteiger partial charge in [-0.05, 0) is 41.9 Å². The van der Waals surface area contributed by atoms with Gasteiger partial charge in [0.25, 0.3) is 0 Å². The number of rotatable bonds is 2. The minimum atomic E-state index is -0.447. The van der Waals surface area contributed by atoms with Crippen LogP contribution in [0.4, 0.5) is 0 Å². The van der Waals surface area contributed by atoms with Crippen LogP contribution in [0.3, 0.4) is 0 Å². The molecule has 0 amide bonds. The SMILES string of the molecule is CCC(C)C1(O)C2(C)CCC(C2)C1(C)C. The second kappa shape index (κ2) is 3.00. The van der Waals surface area contributed by atoms with Gasteiger partial charge in [0.2, 0.25) is 0 Å². The van der Waals surface area contributed by atoms with Gasteiger partial charge in [-0.2, -0.15) is 0 Å². The Labute approximate surface area is 94.3 Å². The van der Waals surface area contributed by atoms with Crippen LogP contribution in [-0.2, 0) is 0 Å². The zero-order valence-corrected chi connectivity index (χ0v) is 10.9. The summed E-state index contributed by atoms with van der Waals surface area (Å²) in [5, 5.41) is 11.2. The van der Waals surface area contributed by atoms with Crippen LogP contribution in [-0.4, -0.2) is 10.7 Å². The lowest BCUT2D eigenvalue weighted by Gasteiger charge is -2.54. The van der Waals surface area contributed by atoms with Gasteiger partial charge in [0.1, 0.15) is 0 Å². The molecular weight excluding hydrogens is 184 g/mol. The van der Waals surface area contributed by atoms with E-state index in [4.69, 9.17) is 0 Å². The molecule has 1 heteroatoms. The maximum Gasteiger partial charge on any atom is 0.0779 e. The molecular formula is C14H26O. The van der Waals surface area contributed by atoms with E-state index in [2.05, 4.69) is 34.6 Å². The minimum Gasteiger partial charge on any atom is -0.388 e. The summed E-state index contributed by atoms with van der Waals surface area (Å²) >= 11 is 0. The predicted octanol–water partition coefficient (Wildman–Crippen LogP) is 3.61. The van der Waals surface area contributed by atoms with Crippen molar-refractivity contribution in [2.75, 3.05) is 0 Å². The van der Waals surface area contributed by atoms with Gasteiger partial charge in [0.05, 0.1) is 5.60 Å². The highest BCUT2D eigenvalue weighted by atomic mass is 16.3. The van der Waals surface area contributed by atoms with Crippen molar-refractivity contribution in [2.24, 2.45) is 22.7 Å². The summed E-state index contributed by atoms with van der Waals surface area (Å²) in [4.78, 5) is 0. The van der Waals surface area contributed by atoms with E-state index in [9.17, 15) is 5.11 Å². The lowest BCUT2D eigenvalue weighted by molar-refractivity contribution is -0.177. The lowest BCUT2D eigenvalue weighted by Crippen LogP contribution is -2.58. The summed E-state index contributed by atoms with van der Waals surface area (Å²) in [5.74, 6) is 1.16. The molecule has 0 aromatic heterocycles. The van der Waals surface area contributed by atoms with Gasteiger partial charge in [-0.15, -0.1) is 0 Å². The highest BCUT2D eigenvalue weighted by Crippen LogP contribution is 2.70. The Hall–Kier alpha value is -0.0400. The Bertz CT molecular complexity index is 264. The van der Waals surface area contributed by atoms with Crippen molar-refractivity contribution in [3.05, 3.63) is 0 Å². The maximum absolute atomic E-state index is 11.2. The predicted molar refractivity (Wildman–Crippen MR) is 63.6 cm³/mol. The van der Waals surface area contributed by atoms with E-state index in [1.165, 1.54) is 19.3 Å². The molecule has 2 saturated carbocycles. The van der Waals surface area contributed by atoms with Gasteiger partial charge >= 0.3 is 0 Å². The van der Waals surface area contributed by atoms with Crippen molar-refractivity contribution in [2.45, 2.75) is 65.9 Å². The van der Waals surface area contributed by atoms with Gasteiger partial charge in [0.15, 0.2) is 0 Å². The molecule has 2 aliphatic carbocycles. The molecule has 4 unspecified atom stereocenters. The number of hydrogen-bond donors (Lipinski definition) is 1. The molecule has 88 valence electrons. The van der Waals surface area contributed by atoms with Crippen molar-refractivity contribution in [1.29, 1.82) is 0 Å². The van der Waals surface area contributed by atoms with Crippen molar-refractivity contribution >= 4 is 0 Å². The van der Waals surface area contributed by atoms with E-state index in [0.717, 1.165) is 12.3 Å². The zero-order valence-electron chi connectivity index (χ0n) is 10.9. The van der Waals surface area contributed by atoms with Crippen LogP contribution in [0.5, 0.6) is 0 Å². The molecule has 15 heavy (non-hydrogen) atoms. The fourth-order valence-electron chi connectivity index (χ4n) is 4.82. The van der Waals surface area contributed by atoms with Crippen LogP contribution < -0.4 is 0 Å². The topological polar surface area (TPSA) is 20.2 Å². The quantitative estimate of drug-likeness (QED) is 0.738. The van der Waals surface area contributed by atoms with Crippen LogP contribution in [0.2, 0.25) is 0 Å². The van der Waals surface area contributed by atoms with Gasteiger partial charge in [-0.3, -0.25) is 0 Å². The van der Waals surface area contributed by atoms with E-state index >= 15 is 0 Å². The first-order valence-corrected chi connectivity index (χ1v) is 6.52. The highest BCUT2D eigenvalue weighted by molar-refractivity contribution is 5.19. The van der Waals surface area contributed by atoms with E-state index in [1.54, 1.807) is 0 Å². The van der Waals surface area contributed by atoms with Gasteiger partial charge < -0.3 is 5.11 Å². The average molecular weight is 210 g/mol. The smallest absolute Gasteiger partial charge is 0.0779 e. The molecule has 0 aromatic rings. The Morgan fingerprint density at radius 3 is 2.33 bits per heavy atom. The van der Waals surface area contributed by atoms with Crippen molar-refractivity contribution < 1.29 is 5.11 Å². The van der Waals surface area contributed by atoms with E-state index < -0.39 is 5.60 Å². The lowest BCUT2D eigenvalue weighted by atomic mass is 9.55. The summed E-state index contributed by atoms with van der Waals surface area (Å²) in [6.45, 7) is 11.3. The molecule has 0 heterocycles. The van der Waals surface area contributed by atoms with Crippen LogP contribution in [0.15, 0.2) is 0 Å². The molecule has 0 aromatic carbocycles. The van der Waals surface area contributed by atoms with Gasteiger partial charge in [-0.1, -0.05) is 41.0 Å². The Morgan fingerprint density at radius 2 is 1.93 bits per heavy atom. The molecule has 2 fully saturated rings. The first-order chi connectivity index (χ1) is 6.79. The largest absolute Gasteiger partial charge is 0.388 e. The van der Waals surface area contributed by atoms with E-state index in [-0.39, 0.29) is 10.8 Å². The standard InChI is InChI=1S/C14H26O/c1-6-10(2)14(15)12(3,4)11-7-8-13(14,5)9-11/h10-11,15H,6-9H2,1-5H3. The molecule has 4 atom stereocenters. The maximum atomic E-state index is 11.2. The summed E-state index contributed by atoms with van der Waals surface area (Å²) in [6.07, 6.45) is 4.87. The molecule has 2 rings (SSSR count). The molecule has 0 spiro atoms. The summed E-state index contributed by atoms with van der Waals surface area (Å²) in [6, 6.07) is 0. The fourth-order valence-corrected chi connectivity index (χ4v) is 4.82. The monoisotopic (exact) mass is 210 g/mol. The minimum absolute atomic E-state index is 0.107. The molecule has 0 radical (unpaired) electrons. The molecule has 1 N–H and O–H groups in total. The van der Waals surface area contributed by atoms with Crippen LogP contribution in [0, 0.1) is 22.7 Å². The van der Waals surface area contributed by atoms with Gasteiger partial charge in [0, 0.05) is 0 Å². The Morgan fingerprint density at radius 1 is 1.33 bits per heavy atom. The third-order valence-electron chi connectivity index (χ3n) is 5.99. The van der Waals surface area contributed by atoms with Crippen LogP contribution in [0.25, 0.3) is 0 Å². The third kappa shape index (κ3) is 1.08. The summed E-state index contributed by atoms with van der Waals surface area (Å²) in [7, 11) is 0. The van der Waals surface area contributed by atoms with Gasteiger partial charge in [-0.25, -0.2) is 0 Å². The molecule has 2 bridgehead atoms. The van der Waals surface area contributed by atoms with Crippen LogP contribution >= 0.6 is 0 Å². The highest BCUT2D eigenvalue weighted by Gasteiger charge is 2.69. The van der Waals surface area contributed by atoms with Crippen molar-refractivity contribution in [1.82, 2.24) is 0 Å². The fraction of sp³-hybridized carbons (Fsp3) is 1.00. The first-order valence-electron chi connectivity index (χ1n) is 6.52. The Kier molecular flexibility index (Phi) is 2.29. The van der Waals surface area contributed by atoms with Crippen molar-refractivity contribution in [3.8, 4) is 0 Å². The number of hydrogen-bond acceptors (Lipinski definition) is 1. The molecule has 1 nitrogen and oxygen atoms in total. The number of fused-ring (bicyclic) bond motifs is 2. The third-order valence-corrected chi connectivity index (χ3v) is 5.99. The molecule has 2 aliphatic rings. The van der Waals surface area contributed by atoms with Crippen molar-refractivity contribution in [3.63, 3.8) is 0 Å². The average Bonchev–Trinajstić information content (AvgIpc) is 2.64. The Balaban J connectivity index is 2.45. The first kappa shape index (κ1) is 11.4. The molecule has 0 aliphatic heterocycles. The summed E-state index contributed by atoms with van der Waals surface area (Å²) < 4.78 is 0. The second-order valence-electron chi connectivity index (χ2n) is 6.80. The second-order valence-corrected chi connectivity index (χ2v) is 6.80. The zero-order chi connectivity index (χ0) is 11.5. The van der Waals surface area contributed by atoms with Crippen LogP contribution in [0.1, 0.15) is 60.3 Å². The normalized spacial score (nSPS) is 49.6. The number of aliphatic hydroxyl groups is 1.